The van der Waals surface area contributed by atoms with Crippen molar-refractivity contribution in [3.05, 3.63) is 55.3 Å². The largest absolute Gasteiger partial charge is 0.371 e. The molecule has 0 spiro atoms. The van der Waals surface area contributed by atoms with Gasteiger partial charge >= 0.3 is 0 Å². The van der Waals surface area contributed by atoms with Crippen molar-refractivity contribution >= 4 is 11.5 Å². The first kappa shape index (κ1) is 17.8. The molecule has 134 valence electrons. The van der Waals surface area contributed by atoms with Gasteiger partial charge in [-0.25, -0.2) is 4.98 Å². The summed E-state index contributed by atoms with van der Waals surface area (Å²) in [6.45, 7) is 10.1. The Labute approximate surface area is 152 Å². The standard InChI is InChI=1S/C22H31N3/c1-3-9-18(4-2)19-10-8-11-20(16-19)24-22-17-21(12-13-23-22)25-14-6-5-7-15-25/h3-4,9,12-13,17,19-20H,1-2,5-8,10-11,14-16H2,(H,23,24)/b18-9+. The van der Waals surface area contributed by atoms with Crippen LogP contribution in [0.1, 0.15) is 44.9 Å². The molecule has 1 aromatic rings. The fraction of sp³-hybridized carbons (Fsp3) is 0.500. The first-order valence-corrected chi connectivity index (χ1v) is 9.72. The molecule has 3 rings (SSSR count). The number of nitrogens with one attached hydrogen (secondary N) is 1. The molecule has 1 saturated carbocycles. The second kappa shape index (κ2) is 8.89. The summed E-state index contributed by atoms with van der Waals surface area (Å²) < 4.78 is 0. The smallest absolute Gasteiger partial charge is 0.128 e. The average Bonchev–Trinajstić information content (AvgIpc) is 2.67. The van der Waals surface area contributed by atoms with Crippen molar-refractivity contribution in [2.24, 2.45) is 5.92 Å². The summed E-state index contributed by atoms with van der Waals surface area (Å²) in [6, 6.07) is 4.85. The van der Waals surface area contributed by atoms with Gasteiger partial charge in [0.1, 0.15) is 5.82 Å². The van der Waals surface area contributed by atoms with E-state index < -0.39 is 0 Å². The highest BCUT2D eigenvalue weighted by molar-refractivity contribution is 5.54. The van der Waals surface area contributed by atoms with E-state index in [9.17, 15) is 0 Å². The SMILES string of the molecule is C=C/C=C(\C=C)C1CCCC(Nc2cc(N3CCCCC3)ccn2)C1. The molecule has 2 unspecified atom stereocenters. The summed E-state index contributed by atoms with van der Waals surface area (Å²) in [4.78, 5) is 7.05. The molecule has 1 N–H and O–H groups in total. The molecule has 1 aromatic heterocycles. The van der Waals surface area contributed by atoms with Crippen LogP contribution < -0.4 is 10.2 Å². The number of hydrogen-bond acceptors (Lipinski definition) is 3. The summed E-state index contributed by atoms with van der Waals surface area (Å²) in [6.07, 6.45) is 16.7. The quantitative estimate of drug-likeness (QED) is 0.710. The first-order valence-electron chi connectivity index (χ1n) is 9.72. The predicted octanol–water partition coefficient (Wildman–Crippen LogP) is 5.34. The lowest BCUT2D eigenvalue weighted by molar-refractivity contribution is 0.378. The predicted molar refractivity (Wildman–Crippen MR) is 108 cm³/mol. The Balaban J connectivity index is 1.64. The lowest BCUT2D eigenvalue weighted by atomic mass is 9.81. The molecule has 3 heteroatoms. The molecular formula is C22H31N3. The number of anilines is 2. The number of allylic oxidation sites excluding steroid dienone is 4. The maximum atomic E-state index is 4.57. The molecule has 3 nitrogen and oxygen atoms in total. The van der Waals surface area contributed by atoms with Gasteiger partial charge in [0.25, 0.3) is 0 Å². The van der Waals surface area contributed by atoms with Crippen LogP contribution in [0.3, 0.4) is 0 Å². The molecule has 0 aromatic carbocycles. The number of pyridine rings is 1. The van der Waals surface area contributed by atoms with Crippen molar-refractivity contribution in [2.75, 3.05) is 23.3 Å². The Bertz CT molecular complexity index is 613. The molecule has 2 aliphatic rings. The minimum absolute atomic E-state index is 0.482. The molecule has 0 amide bonds. The van der Waals surface area contributed by atoms with Gasteiger partial charge < -0.3 is 10.2 Å². The molecule has 2 fully saturated rings. The van der Waals surface area contributed by atoms with Crippen molar-refractivity contribution in [2.45, 2.75) is 51.0 Å². The van der Waals surface area contributed by atoms with Gasteiger partial charge in [-0.15, -0.1) is 0 Å². The lowest BCUT2D eigenvalue weighted by Crippen LogP contribution is -2.30. The molecule has 0 radical (unpaired) electrons. The third kappa shape index (κ3) is 4.75. The Morgan fingerprint density at radius 1 is 1.16 bits per heavy atom. The number of piperidine rings is 1. The molecule has 1 aliphatic heterocycles. The summed E-state index contributed by atoms with van der Waals surface area (Å²) in [5.41, 5.74) is 2.62. The molecule has 2 atom stereocenters. The van der Waals surface area contributed by atoms with Crippen LogP contribution in [-0.2, 0) is 0 Å². The van der Waals surface area contributed by atoms with Crippen LogP contribution in [0.15, 0.2) is 55.3 Å². The van der Waals surface area contributed by atoms with Crippen molar-refractivity contribution in [3.8, 4) is 0 Å². The monoisotopic (exact) mass is 337 g/mol. The van der Waals surface area contributed by atoms with Gasteiger partial charge in [0.05, 0.1) is 0 Å². The Morgan fingerprint density at radius 2 is 2.00 bits per heavy atom. The second-order valence-electron chi connectivity index (χ2n) is 7.26. The fourth-order valence-electron chi connectivity index (χ4n) is 4.19. The zero-order chi connectivity index (χ0) is 17.5. The summed E-state index contributed by atoms with van der Waals surface area (Å²) in [7, 11) is 0. The number of aromatic nitrogens is 1. The van der Waals surface area contributed by atoms with Crippen LogP contribution in [0.5, 0.6) is 0 Å². The van der Waals surface area contributed by atoms with E-state index in [1.54, 1.807) is 0 Å². The van der Waals surface area contributed by atoms with Crippen molar-refractivity contribution < 1.29 is 0 Å². The topological polar surface area (TPSA) is 28.2 Å². The third-order valence-electron chi connectivity index (χ3n) is 5.51. The van der Waals surface area contributed by atoms with Crippen LogP contribution in [-0.4, -0.2) is 24.1 Å². The van der Waals surface area contributed by atoms with E-state index in [0.717, 1.165) is 12.2 Å². The number of hydrogen-bond donors (Lipinski definition) is 1. The van der Waals surface area contributed by atoms with E-state index in [-0.39, 0.29) is 0 Å². The molecule has 2 heterocycles. The third-order valence-corrected chi connectivity index (χ3v) is 5.51. The summed E-state index contributed by atoms with van der Waals surface area (Å²) in [5, 5.41) is 3.69. The molecule has 1 aliphatic carbocycles. The van der Waals surface area contributed by atoms with Gasteiger partial charge in [-0.2, -0.15) is 0 Å². The zero-order valence-corrected chi connectivity index (χ0v) is 15.3. The van der Waals surface area contributed by atoms with E-state index in [2.05, 4.69) is 46.6 Å². The lowest BCUT2D eigenvalue weighted by Gasteiger charge is -2.32. The molecule has 0 bridgehead atoms. The van der Waals surface area contributed by atoms with Crippen LogP contribution in [0.25, 0.3) is 0 Å². The van der Waals surface area contributed by atoms with E-state index in [1.807, 2.05) is 18.3 Å². The van der Waals surface area contributed by atoms with Gasteiger partial charge in [0.2, 0.25) is 0 Å². The highest BCUT2D eigenvalue weighted by Crippen LogP contribution is 2.32. The highest BCUT2D eigenvalue weighted by atomic mass is 15.1. The highest BCUT2D eigenvalue weighted by Gasteiger charge is 2.24. The van der Waals surface area contributed by atoms with E-state index in [4.69, 9.17) is 0 Å². The Hall–Kier alpha value is -2.03. The first-order chi connectivity index (χ1) is 12.3. The van der Waals surface area contributed by atoms with Crippen molar-refractivity contribution in [1.82, 2.24) is 4.98 Å². The fourth-order valence-corrected chi connectivity index (χ4v) is 4.19. The van der Waals surface area contributed by atoms with Gasteiger partial charge in [-0.3, -0.25) is 0 Å². The van der Waals surface area contributed by atoms with E-state index in [1.165, 1.54) is 62.9 Å². The molecule has 25 heavy (non-hydrogen) atoms. The van der Waals surface area contributed by atoms with Crippen LogP contribution in [0.2, 0.25) is 0 Å². The number of nitrogens with zero attached hydrogens (tertiary/aromatic N) is 2. The summed E-state index contributed by atoms with van der Waals surface area (Å²) >= 11 is 0. The normalized spacial score (nSPS) is 24.6. The maximum absolute atomic E-state index is 4.57. The van der Waals surface area contributed by atoms with E-state index >= 15 is 0 Å². The minimum Gasteiger partial charge on any atom is -0.371 e. The Morgan fingerprint density at radius 3 is 2.76 bits per heavy atom. The Kier molecular flexibility index (Phi) is 6.32. The number of rotatable bonds is 6. The van der Waals surface area contributed by atoms with Gasteiger partial charge in [-0.1, -0.05) is 37.8 Å². The minimum atomic E-state index is 0.482. The van der Waals surface area contributed by atoms with Gasteiger partial charge in [0.15, 0.2) is 0 Å². The van der Waals surface area contributed by atoms with Crippen LogP contribution >= 0.6 is 0 Å². The van der Waals surface area contributed by atoms with Gasteiger partial charge in [0, 0.05) is 37.1 Å². The van der Waals surface area contributed by atoms with Gasteiger partial charge in [-0.05, 0) is 56.1 Å². The van der Waals surface area contributed by atoms with Crippen LogP contribution in [0.4, 0.5) is 11.5 Å². The maximum Gasteiger partial charge on any atom is 0.128 e. The average molecular weight is 338 g/mol. The molecule has 1 saturated heterocycles. The van der Waals surface area contributed by atoms with Crippen molar-refractivity contribution in [1.29, 1.82) is 0 Å². The molecular weight excluding hydrogens is 306 g/mol. The van der Waals surface area contributed by atoms with E-state index in [0.29, 0.717) is 12.0 Å². The van der Waals surface area contributed by atoms with Crippen molar-refractivity contribution in [3.63, 3.8) is 0 Å². The zero-order valence-electron chi connectivity index (χ0n) is 15.3. The second-order valence-corrected chi connectivity index (χ2v) is 7.26. The van der Waals surface area contributed by atoms with Crippen LogP contribution in [0, 0.1) is 5.92 Å². The summed E-state index contributed by atoms with van der Waals surface area (Å²) in [5.74, 6) is 1.59.